The van der Waals surface area contributed by atoms with Crippen LogP contribution in [0.15, 0.2) is 0 Å². The quantitative estimate of drug-likeness (QED) is 0.720. The number of hydrogen-bond donors (Lipinski definition) is 1. The summed E-state index contributed by atoms with van der Waals surface area (Å²) < 4.78 is 0. The third-order valence-corrected chi connectivity index (χ3v) is 4.56. The molecule has 3 atom stereocenters. The number of likely N-dealkylation sites (tertiary alicyclic amines) is 1. The molecule has 0 spiro atoms. The molecule has 0 aromatic rings. The Morgan fingerprint density at radius 2 is 1.95 bits per heavy atom. The van der Waals surface area contributed by atoms with Gasteiger partial charge in [-0.1, -0.05) is 33.1 Å². The molecular weight excluding hydrogens is 232 g/mol. The number of rotatable bonds is 8. The topological polar surface area (TPSA) is 29.3 Å². The van der Waals surface area contributed by atoms with E-state index in [1.54, 1.807) is 0 Å². The molecular formula is C17H36N2. The van der Waals surface area contributed by atoms with Gasteiger partial charge in [0.1, 0.15) is 0 Å². The van der Waals surface area contributed by atoms with Crippen molar-refractivity contribution in [1.29, 1.82) is 0 Å². The summed E-state index contributed by atoms with van der Waals surface area (Å²) in [5.74, 6) is 1.84. The van der Waals surface area contributed by atoms with Gasteiger partial charge < -0.3 is 10.6 Å². The molecule has 2 heteroatoms. The summed E-state index contributed by atoms with van der Waals surface area (Å²) in [6.07, 6.45) is 10.9. The maximum absolute atomic E-state index is 5.82. The molecule has 1 aliphatic heterocycles. The first kappa shape index (κ1) is 17.0. The van der Waals surface area contributed by atoms with E-state index >= 15 is 0 Å². The van der Waals surface area contributed by atoms with E-state index in [1.165, 1.54) is 71.0 Å². The minimum Gasteiger partial charge on any atom is -0.328 e. The molecule has 0 amide bonds. The van der Waals surface area contributed by atoms with Crippen LogP contribution >= 0.6 is 0 Å². The van der Waals surface area contributed by atoms with Crippen LogP contribution in [-0.2, 0) is 0 Å². The van der Waals surface area contributed by atoms with Gasteiger partial charge in [0.25, 0.3) is 0 Å². The molecule has 0 saturated carbocycles. The van der Waals surface area contributed by atoms with E-state index in [1.807, 2.05) is 0 Å². The minimum absolute atomic E-state index is 0.375. The molecule has 114 valence electrons. The number of nitrogens with zero attached hydrogens (tertiary/aromatic N) is 1. The van der Waals surface area contributed by atoms with Crippen molar-refractivity contribution in [2.75, 3.05) is 19.6 Å². The highest BCUT2D eigenvalue weighted by atomic mass is 15.1. The predicted molar refractivity (Wildman–Crippen MR) is 85.4 cm³/mol. The Hall–Kier alpha value is -0.0800. The third kappa shape index (κ3) is 7.94. The van der Waals surface area contributed by atoms with Crippen molar-refractivity contribution in [3.8, 4) is 0 Å². The second-order valence-electron chi connectivity index (χ2n) is 6.90. The predicted octanol–water partition coefficient (Wildman–Crippen LogP) is 4.04. The van der Waals surface area contributed by atoms with Gasteiger partial charge in [-0.05, 0) is 64.0 Å². The lowest BCUT2D eigenvalue weighted by Gasteiger charge is -2.24. The Morgan fingerprint density at radius 1 is 1.16 bits per heavy atom. The van der Waals surface area contributed by atoms with Gasteiger partial charge >= 0.3 is 0 Å². The fraction of sp³-hybridized carbons (Fsp3) is 1.00. The van der Waals surface area contributed by atoms with Crippen LogP contribution in [-0.4, -0.2) is 30.6 Å². The molecule has 1 heterocycles. The zero-order valence-electron chi connectivity index (χ0n) is 13.5. The molecule has 3 unspecified atom stereocenters. The Morgan fingerprint density at radius 3 is 2.63 bits per heavy atom. The second-order valence-corrected chi connectivity index (χ2v) is 6.90. The van der Waals surface area contributed by atoms with Crippen LogP contribution in [0, 0.1) is 11.8 Å². The van der Waals surface area contributed by atoms with Gasteiger partial charge in [0.05, 0.1) is 0 Å². The lowest BCUT2D eigenvalue weighted by molar-refractivity contribution is 0.234. The molecule has 0 aromatic carbocycles. The van der Waals surface area contributed by atoms with Crippen molar-refractivity contribution in [3.05, 3.63) is 0 Å². The molecule has 0 aromatic heterocycles. The summed E-state index contributed by atoms with van der Waals surface area (Å²) in [6.45, 7) is 10.8. The van der Waals surface area contributed by atoms with Crippen LogP contribution in [0.1, 0.15) is 72.1 Å². The Kier molecular flexibility index (Phi) is 8.72. The summed E-state index contributed by atoms with van der Waals surface area (Å²) in [6, 6.07) is 0.375. The van der Waals surface area contributed by atoms with E-state index in [-0.39, 0.29) is 0 Å². The number of hydrogen-bond acceptors (Lipinski definition) is 2. The van der Waals surface area contributed by atoms with Crippen molar-refractivity contribution < 1.29 is 0 Å². The van der Waals surface area contributed by atoms with E-state index < -0.39 is 0 Å². The van der Waals surface area contributed by atoms with Crippen molar-refractivity contribution >= 4 is 0 Å². The third-order valence-electron chi connectivity index (χ3n) is 4.56. The Labute approximate surface area is 121 Å². The highest BCUT2D eigenvalue weighted by molar-refractivity contribution is 4.72. The lowest BCUT2D eigenvalue weighted by Crippen LogP contribution is -2.30. The first-order valence-corrected chi connectivity index (χ1v) is 8.59. The van der Waals surface area contributed by atoms with E-state index in [0.29, 0.717) is 6.04 Å². The molecule has 2 N–H and O–H groups in total. The molecule has 1 saturated heterocycles. The van der Waals surface area contributed by atoms with E-state index in [2.05, 4.69) is 25.7 Å². The van der Waals surface area contributed by atoms with Crippen molar-refractivity contribution in [2.24, 2.45) is 17.6 Å². The minimum atomic E-state index is 0.375. The largest absolute Gasteiger partial charge is 0.328 e. The Balaban J connectivity index is 2.17. The van der Waals surface area contributed by atoms with Crippen molar-refractivity contribution in [2.45, 2.75) is 78.2 Å². The average Bonchev–Trinajstić information content (AvgIpc) is 2.55. The van der Waals surface area contributed by atoms with Crippen LogP contribution in [0.5, 0.6) is 0 Å². The number of nitrogens with two attached hydrogens (primary N) is 1. The highest BCUT2D eigenvalue weighted by Crippen LogP contribution is 2.23. The summed E-state index contributed by atoms with van der Waals surface area (Å²) in [4.78, 5) is 2.71. The smallest absolute Gasteiger partial charge is 0.00104 e. The molecule has 1 rings (SSSR count). The normalized spacial score (nSPS) is 24.9. The monoisotopic (exact) mass is 268 g/mol. The fourth-order valence-electron chi connectivity index (χ4n) is 3.42. The first-order valence-electron chi connectivity index (χ1n) is 8.59. The van der Waals surface area contributed by atoms with E-state index in [4.69, 9.17) is 5.73 Å². The molecule has 0 bridgehead atoms. The zero-order valence-corrected chi connectivity index (χ0v) is 13.5. The second kappa shape index (κ2) is 9.77. The summed E-state index contributed by atoms with van der Waals surface area (Å²) in [5, 5.41) is 0. The van der Waals surface area contributed by atoms with Gasteiger partial charge in [0, 0.05) is 12.6 Å². The van der Waals surface area contributed by atoms with Gasteiger partial charge in [-0.3, -0.25) is 0 Å². The van der Waals surface area contributed by atoms with Crippen LogP contribution in [0.2, 0.25) is 0 Å². The van der Waals surface area contributed by atoms with E-state index in [0.717, 1.165) is 11.8 Å². The van der Waals surface area contributed by atoms with Crippen molar-refractivity contribution in [1.82, 2.24) is 4.90 Å². The summed E-state index contributed by atoms with van der Waals surface area (Å²) in [5.41, 5.74) is 5.82. The van der Waals surface area contributed by atoms with E-state index in [9.17, 15) is 0 Å². The molecule has 19 heavy (non-hydrogen) atoms. The van der Waals surface area contributed by atoms with Gasteiger partial charge in [-0.15, -0.1) is 0 Å². The molecule has 2 nitrogen and oxygen atoms in total. The van der Waals surface area contributed by atoms with Gasteiger partial charge in [0.15, 0.2) is 0 Å². The average molecular weight is 268 g/mol. The van der Waals surface area contributed by atoms with Crippen LogP contribution < -0.4 is 5.73 Å². The zero-order chi connectivity index (χ0) is 14.1. The molecule has 1 aliphatic rings. The first-order chi connectivity index (χ1) is 9.11. The van der Waals surface area contributed by atoms with Gasteiger partial charge in [0.2, 0.25) is 0 Å². The maximum atomic E-state index is 5.82. The van der Waals surface area contributed by atoms with Crippen molar-refractivity contribution in [3.63, 3.8) is 0 Å². The van der Waals surface area contributed by atoms with Crippen LogP contribution in [0.3, 0.4) is 0 Å². The lowest BCUT2D eigenvalue weighted by atomic mass is 9.96. The van der Waals surface area contributed by atoms with Crippen LogP contribution in [0.25, 0.3) is 0 Å². The fourth-order valence-corrected chi connectivity index (χ4v) is 3.42. The summed E-state index contributed by atoms with van der Waals surface area (Å²) in [7, 11) is 0. The van der Waals surface area contributed by atoms with Gasteiger partial charge in [-0.2, -0.15) is 0 Å². The molecule has 1 fully saturated rings. The molecule has 0 aliphatic carbocycles. The SMILES string of the molecule is CCCC1CCCN(CC(C)CCCC(C)N)CC1. The van der Waals surface area contributed by atoms with Crippen LogP contribution in [0.4, 0.5) is 0 Å². The maximum Gasteiger partial charge on any atom is 0.00104 e. The Bertz CT molecular complexity index is 215. The summed E-state index contributed by atoms with van der Waals surface area (Å²) >= 11 is 0. The van der Waals surface area contributed by atoms with Gasteiger partial charge in [-0.25, -0.2) is 0 Å². The molecule has 0 radical (unpaired) electrons. The highest BCUT2D eigenvalue weighted by Gasteiger charge is 2.17. The standard InChI is InChI=1S/C17H36N2/c1-4-7-17-10-6-12-19(13-11-17)14-15(2)8-5-9-16(3)18/h15-17H,4-14,18H2,1-3H3.